The Labute approximate surface area is 120 Å². The van der Waals surface area contributed by atoms with Crippen LogP contribution in [0.5, 0.6) is 0 Å². The van der Waals surface area contributed by atoms with Gasteiger partial charge >= 0.3 is 0 Å². The topological polar surface area (TPSA) is 24.9 Å². The molecule has 0 unspecified atom stereocenters. The standard InChI is InChI=1S/C18H20N2/c1-12-9-13(2)18-14(3)11-17(20-16(18)10-12)19-15-7-5-4-6-8-15/h4-5,7,9-11H,6,8H2,1-3H3,(H,19,20). The molecule has 1 aliphatic rings. The Bertz CT molecular complexity index is 724. The number of fused-ring (bicyclic) bond motifs is 1. The Kier molecular flexibility index (Phi) is 3.31. The molecule has 2 nitrogen and oxygen atoms in total. The number of benzene rings is 1. The summed E-state index contributed by atoms with van der Waals surface area (Å²) in [5, 5.41) is 4.73. The van der Waals surface area contributed by atoms with Crippen LogP contribution in [-0.4, -0.2) is 4.98 Å². The van der Waals surface area contributed by atoms with Crippen LogP contribution in [0.15, 0.2) is 42.1 Å². The molecule has 0 atom stereocenters. The van der Waals surface area contributed by atoms with Crippen LogP contribution in [0.4, 0.5) is 5.82 Å². The Hall–Kier alpha value is -2.09. The molecule has 2 aromatic rings. The van der Waals surface area contributed by atoms with Gasteiger partial charge in [-0.25, -0.2) is 4.98 Å². The zero-order valence-corrected chi connectivity index (χ0v) is 12.3. The average molecular weight is 264 g/mol. The third kappa shape index (κ3) is 2.46. The van der Waals surface area contributed by atoms with Gasteiger partial charge in [0.15, 0.2) is 0 Å². The quantitative estimate of drug-likeness (QED) is 0.842. The van der Waals surface area contributed by atoms with Gasteiger partial charge in [-0.3, -0.25) is 0 Å². The number of allylic oxidation sites excluding steroid dienone is 4. The van der Waals surface area contributed by atoms with Crippen LogP contribution in [0.2, 0.25) is 0 Å². The fraction of sp³-hybridized carbons (Fsp3) is 0.278. The summed E-state index contributed by atoms with van der Waals surface area (Å²) in [5.74, 6) is 0.946. The highest BCUT2D eigenvalue weighted by Gasteiger charge is 2.08. The van der Waals surface area contributed by atoms with Gasteiger partial charge in [0.25, 0.3) is 0 Å². The molecule has 0 saturated heterocycles. The van der Waals surface area contributed by atoms with Crippen molar-refractivity contribution < 1.29 is 0 Å². The molecule has 1 N–H and O–H groups in total. The van der Waals surface area contributed by atoms with E-state index in [1.165, 1.54) is 27.8 Å². The van der Waals surface area contributed by atoms with E-state index in [9.17, 15) is 0 Å². The second-order valence-corrected chi connectivity index (χ2v) is 5.58. The van der Waals surface area contributed by atoms with E-state index >= 15 is 0 Å². The first-order valence-corrected chi connectivity index (χ1v) is 7.15. The maximum Gasteiger partial charge on any atom is 0.131 e. The summed E-state index contributed by atoms with van der Waals surface area (Å²) in [6.07, 6.45) is 8.59. The van der Waals surface area contributed by atoms with Gasteiger partial charge in [0.2, 0.25) is 0 Å². The van der Waals surface area contributed by atoms with Crippen molar-refractivity contribution in [3.63, 3.8) is 0 Å². The molecule has 0 aliphatic heterocycles. The third-order valence-corrected chi connectivity index (χ3v) is 3.75. The van der Waals surface area contributed by atoms with Gasteiger partial charge in [0.1, 0.15) is 5.82 Å². The zero-order valence-electron chi connectivity index (χ0n) is 12.3. The van der Waals surface area contributed by atoms with Crippen LogP contribution in [0.25, 0.3) is 10.9 Å². The third-order valence-electron chi connectivity index (χ3n) is 3.75. The number of nitrogens with one attached hydrogen (secondary N) is 1. The van der Waals surface area contributed by atoms with Gasteiger partial charge in [-0.05, 0) is 68.5 Å². The number of pyridine rings is 1. The van der Waals surface area contributed by atoms with Gasteiger partial charge < -0.3 is 5.32 Å². The van der Waals surface area contributed by atoms with E-state index in [0.29, 0.717) is 0 Å². The fourth-order valence-corrected chi connectivity index (χ4v) is 2.92. The lowest BCUT2D eigenvalue weighted by atomic mass is 10.0. The number of aromatic nitrogens is 1. The van der Waals surface area contributed by atoms with Crippen molar-refractivity contribution in [1.82, 2.24) is 4.98 Å². The fourth-order valence-electron chi connectivity index (χ4n) is 2.92. The molecule has 102 valence electrons. The van der Waals surface area contributed by atoms with Crippen LogP contribution in [0.3, 0.4) is 0 Å². The number of nitrogens with zero attached hydrogens (tertiary/aromatic N) is 1. The first-order chi connectivity index (χ1) is 9.63. The summed E-state index contributed by atoms with van der Waals surface area (Å²) >= 11 is 0. The SMILES string of the molecule is Cc1cc(C)c2c(C)cc(NC3=CC=CCC3)nc2c1. The van der Waals surface area contributed by atoms with Crippen LogP contribution in [0, 0.1) is 20.8 Å². The van der Waals surface area contributed by atoms with Crippen molar-refractivity contribution in [1.29, 1.82) is 0 Å². The Morgan fingerprint density at radius 3 is 2.60 bits per heavy atom. The monoisotopic (exact) mass is 264 g/mol. The molecule has 1 aromatic heterocycles. The predicted octanol–water partition coefficient (Wildman–Crippen LogP) is 4.81. The summed E-state index contributed by atoms with van der Waals surface area (Å²) in [7, 11) is 0. The average Bonchev–Trinajstić information content (AvgIpc) is 2.38. The predicted molar refractivity (Wildman–Crippen MR) is 86.0 cm³/mol. The lowest BCUT2D eigenvalue weighted by molar-refractivity contribution is 0.963. The first-order valence-electron chi connectivity index (χ1n) is 7.15. The maximum absolute atomic E-state index is 4.78. The van der Waals surface area contributed by atoms with Crippen molar-refractivity contribution in [2.75, 3.05) is 5.32 Å². The van der Waals surface area contributed by atoms with Crippen molar-refractivity contribution >= 4 is 16.7 Å². The van der Waals surface area contributed by atoms with E-state index in [-0.39, 0.29) is 0 Å². The molecule has 0 amide bonds. The Morgan fingerprint density at radius 1 is 1.05 bits per heavy atom. The molecule has 1 heterocycles. The van der Waals surface area contributed by atoms with Crippen molar-refractivity contribution in [2.45, 2.75) is 33.6 Å². The number of aryl methyl sites for hydroxylation is 3. The Morgan fingerprint density at radius 2 is 1.85 bits per heavy atom. The normalized spacial score (nSPS) is 14.4. The summed E-state index contributed by atoms with van der Waals surface area (Å²) in [6.45, 7) is 6.44. The molecule has 1 aliphatic carbocycles. The highest BCUT2D eigenvalue weighted by Crippen LogP contribution is 2.26. The number of hydrogen-bond acceptors (Lipinski definition) is 2. The van der Waals surface area contributed by atoms with Crippen molar-refractivity contribution in [3.05, 3.63) is 58.8 Å². The summed E-state index contributed by atoms with van der Waals surface area (Å²) in [4.78, 5) is 4.78. The van der Waals surface area contributed by atoms with E-state index in [1.54, 1.807) is 0 Å². The van der Waals surface area contributed by atoms with Gasteiger partial charge in [-0.2, -0.15) is 0 Å². The molecule has 0 radical (unpaired) electrons. The van der Waals surface area contributed by atoms with E-state index in [4.69, 9.17) is 4.98 Å². The van der Waals surface area contributed by atoms with E-state index in [2.05, 4.69) is 62.5 Å². The summed E-state index contributed by atoms with van der Waals surface area (Å²) in [5.41, 5.74) is 6.16. The first kappa shape index (κ1) is 12.9. The molecular weight excluding hydrogens is 244 g/mol. The molecule has 20 heavy (non-hydrogen) atoms. The molecular formula is C18H20N2. The van der Waals surface area contributed by atoms with Crippen molar-refractivity contribution in [2.24, 2.45) is 0 Å². The second kappa shape index (κ2) is 5.12. The molecule has 0 spiro atoms. The molecule has 2 heteroatoms. The lowest BCUT2D eigenvalue weighted by Gasteiger charge is -2.14. The molecule has 0 bridgehead atoms. The highest BCUT2D eigenvalue weighted by atomic mass is 15.0. The smallest absolute Gasteiger partial charge is 0.131 e. The summed E-state index contributed by atoms with van der Waals surface area (Å²) < 4.78 is 0. The molecule has 3 rings (SSSR count). The minimum atomic E-state index is 0.946. The van der Waals surface area contributed by atoms with E-state index in [0.717, 1.165) is 24.2 Å². The van der Waals surface area contributed by atoms with E-state index < -0.39 is 0 Å². The molecule has 0 fully saturated rings. The molecule has 0 saturated carbocycles. The summed E-state index contributed by atoms with van der Waals surface area (Å²) in [6, 6.07) is 6.53. The van der Waals surface area contributed by atoms with Gasteiger partial charge in [-0.15, -0.1) is 0 Å². The lowest BCUT2D eigenvalue weighted by Crippen LogP contribution is -2.03. The minimum absolute atomic E-state index is 0.946. The molecule has 1 aromatic carbocycles. The van der Waals surface area contributed by atoms with Crippen LogP contribution in [0.1, 0.15) is 29.5 Å². The maximum atomic E-state index is 4.78. The number of rotatable bonds is 2. The van der Waals surface area contributed by atoms with Crippen LogP contribution < -0.4 is 5.32 Å². The largest absolute Gasteiger partial charge is 0.344 e. The minimum Gasteiger partial charge on any atom is -0.344 e. The van der Waals surface area contributed by atoms with E-state index in [1.807, 2.05) is 0 Å². The Balaban J connectivity index is 2.05. The second-order valence-electron chi connectivity index (χ2n) is 5.58. The highest BCUT2D eigenvalue weighted by molar-refractivity contribution is 5.87. The van der Waals surface area contributed by atoms with Crippen LogP contribution in [-0.2, 0) is 0 Å². The van der Waals surface area contributed by atoms with Crippen LogP contribution >= 0.6 is 0 Å². The van der Waals surface area contributed by atoms with Gasteiger partial charge in [0, 0.05) is 11.1 Å². The van der Waals surface area contributed by atoms with Gasteiger partial charge in [-0.1, -0.05) is 18.2 Å². The van der Waals surface area contributed by atoms with Gasteiger partial charge in [0.05, 0.1) is 5.52 Å². The number of anilines is 1. The number of hydrogen-bond donors (Lipinski definition) is 1. The zero-order chi connectivity index (χ0) is 14.1. The van der Waals surface area contributed by atoms with Crippen molar-refractivity contribution in [3.8, 4) is 0 Å².